The van der Waals surface area contributed by atoms with Crippen molar-refractivity contribution in [3.63, 3.8) is 0 Å². The molecule has 0 aliphatic carbocycles. The number of nitrogens with one attached hydrogen (secondary N) is 2. The molecule has 1 aromatic heterocycles. The van der Waals surface area contributed by atoms with Gasteiger partial charge in [0.15, 0.2) is 5.96 Å². The number of halogens is 1. The molecule has 0 aliphatic rings. The van der Waals surface area contributed by atoms with Crippen molar-refractivity contribution in [1.82, 2.24) is 15.6 Å². The first-order chi connectivity index (χ1) is 12.0. The molecule has 0 spiro atoms. The zero-order chi connectivity index (χ0) is 18.2. The lowest BCUT2D eigenvalue weighted by atomic mass is 10.1. The first-order valence-corrected chi connectivity index (χ1v) is 9.46. The summed E-state index contributed by atoms with van der Waals surface area (Å²) in [5.74, 6) is 2.21. The number of thiazole rings is 1. The summed E-state index contributed by atoms with van der Waals surface area (Å²) in [6, 6.07) is 8.37. The lowest BCUT2D eigenvalue weighted by Crippen LogP contribution is -2.38. The molecular formula is C19H29IN4OS. The Balaban J connectivity index is 0.00000338. The summed E-state index contributed by atoms with van der Waals surface area (Å²) < 4.78 is 5.73. The number of rotatable bonds is 7. The standard InChI is InChI=1S/C19H28N4OS.HI/c1-13(2)11-24-17-8-6-16(7-9-17)14(3)23-19(20-5)21-10-18-15(4)22-12-25-18;/h6-9,12-14H,10-11H2,1-5H3,(H2,20,21,23);1H. The number of hydrogen-bond donors (Lipinski definition) is 2. The van der Waals surface area contributed by atoms with Crippen molar-refractivity contribution in [2.75, 3.05) is 13.7 Å². The SMILES string of the molecule is CN=C(NCc1scnc1C)NC(C)c1ccc(OCC(C)C)cc1.I. The van der Waals surface area contributed by atoms with Gasteiger partial charge in [0.1, 0.15) is 5.75 Å². The van der Waals surface area contributed by atoms with Crippen molar-refractivity contribution in [1.29, 1.82) is 0 Å². The maximum atomic E-state index is 5.73. The Kier molecular flexibility index (Phi) is 9.93. The minimum atomic E-state index is 0. The third-order valence-electron chi connectivity index (χ3n) is 3.80. The van der Waals surface area contributed by atoms with Crippen LogP contribution in [-0.4, -0.2) is 24.6 Å². The van der Waals surface area contributed by atoms with Crippen LogP contribution in [0.2, 0.25) is 0 Å². The highest BCUT2D eigenvalue weighted by Crippen LogP contribution is 2.18. The number of nitrogens with zero attached hydrogens (tertiary/aromatic N) is 2. The number of ether oxygens (including phenoxy) is 1. The van der Waals surface area contributed by atoms with E-state index in [0.29, 0.717) is 5.92 Å². The molecular weight excluding hydrogens is 459 g/mol. The smallest absolute Gasteiger partial charge is 0.191 e. The van der Waals surface area contributed by atoms with E-state index in [0.717, 1.165) is 30.6 Å². The maximum absolute atomic E-state index is 5.73. The normalized spacial score (nSPS) is 12.5. The molecule has 2 rings (SSSR count). The van der Waals surface area contributed by atoms with E-state index in [-0.39, 0.29) is 30.0 Å². The molecule has 7 heteroatoms. The van der Waals surface area contributed by atoms with Crippen molar-refractivity contribution >= 4 is 41.3 Å². The van der Waals surface area contributed by atoms with E-state index in [1.54, 1.807) is 18.4 Å². The second kappa shape index (κ2) is 11.4. The summed E-state index contributed by atoms with van der Waals surface area (Å²) in [6.45, 7) is 9.90. The topological polar surface area (TPSA) is 58.5 Å². The Morgan fingerprint density at radius 3 is 2.46 bits per heavy atom. The van der Waals surface area contributed by atoms with Crippen LogP contribution in [0.15, 0.2) is 34.8 Å². The fraction of sp³-hybridized carbons (Fsp3) is 0.474. The van der Waals surface area contributed by atoms with Gasteiger partial charge in [-0.3, -0.25) is 4.99 Å². The summed E-state index contributed by atoms with van der Waals surface area (Å²) in [4.78, 5) is 9.80. The molecule has 1 unspecified atom stereocenters. The molecule has 1 aromatic carbocycles. The van der Waals surface area contributed by atoms with Gasteiger partial charge in [0.05, 0.1) is 30.4 Å². The van der Waals surface area contributed by atoms with Crippen LogP contribution in [0, 0.1) is 12.8 Å². The summed E-state index contributed by atoms with van der Waals surface area (Å²) in [7, 11) is 1.78. The maximum Gasteiger partial charge on any atom is 0.191 e. The lowest BCUT2D eigenvalue weighted by Gasteiger charge is -2.18. The Morgan fingerprint density at radius 1 is 1.23 bits per heavy atom. The molecule has 0 fully saturated rings. The monoisotopic (exact) mass is 488 g/mol. The van der Waals surface area contributed by atoms with Crippen molar-refractivity contribution < 1.29 is 4.74 Å². The van der Waals surface area contributed by atoms with Crippen molar-refractivity contribution in [3.8, 4) is 5.75 Å². The number of benzene rings is 1. The first-order valence-electron chi connectivity index (χ1n) is 8.58. The van der Waals surface area contributed by atoms with Crippen molar-refractivity contribution in [3.05, 3.63) is 45.9 Å². The van der Waals surface area contributed by atoms with Crippen LogP contribution in [0.4, 0.5) is 0 Å². The molecule has 0 bridgehead atoms. The van der Waals surface area contributed by atoms with Gasteiger partial charge >= 0.3 is 0 Å². The zero-order valence-electron chi connectivity index (χ0n) is 16.1. The van der Waals surface area contributed by atoms with Gasteiger partial charge in [0, 0.05) is 11.9 Å². The summed E-state index contributed by atoms with van der Waals surface area (Å²) in [5, 5.41) is 6.76. The van der Waals surface area contributed by atoms with E-state index in [9.17, 15) is 0 Å². The number of guanidine groups is 1. The van der Waals surface area contributed by atoms with Crippen LogP contribution < -0.4 is 15.4 Å². The van der Waals surface area contributed by atoms with Crippen molar-refractivity contribution in [2.24, 2.45) is 10.9 Å². The van der Waals surface area contributed by atoms with Crippen molar-refractivity contribution in [2.45, 2.75) is 40.3 Å². The van der Waals surface area contributed by atoms with E-state index in [4.69, 9.17) is 4.74 Å². The summed E-state index contributed by atoms with van der Waals surface area (Å²) in [5.41, 5.74) is 4.13. The highest BCUT2D eigenvalue weighted by atomic mass is 127. The molecule has 0 amide bonds. The van der Waals surface area contributed by atoms with Gasteiger partial charge in [-0.15, -0.1) is 35.3 Å². The van der Waals surface area contributed by atoms with Gasteiger partial charge in [-0.2, -0.15) is 0 Å². The number of aliphatic imine (C=N–C) groups is 1. The van der Waals surface area contributed by atoms with Gasteiger partial charge in [0.25, 0.3) is 0 Å². The van der Waals surface area contributed by atoms with Crippen LogP contribution in [0.5, 0.6) is 5.75 Å². The minimum absolute atomic E-state index is 0. The predicted octanol–water partition coefficient (Wildman–Crippen LogP) is 4.53. The summed E-state index contributed by atoms with van der Waals surface area (Å²) in [6.07, 6.45) is 0. The fourth-order valence-electron chi connectivity index (χ4n) is 2.26. The first kappa shape index (κ1) is 22.7. The highest BCUT2D eigenvalue weighted by molar-refractivity contribution is 14.0. The Bertz CT molecular complexity index is 685. The van der Waals surface area contributed by atoms with Crippen LogP contribution in [-0.2, 0) is 6.54 Å². The van der Waals surface area contributed by atoms with Crippen LogP contribution in [0.3, 0.4) is 0 Å². The molecule has 2 aromatic rings. The van der Waals surface area contributed by atoms with Crippen LogP contribution >= 0.6 is 35.3 Å². The number of aryl methyl sites for hydroxylation is 1. The highest BCUT2D eigenvalue weighted by Gasteiger charge is 2.09. The third-order valence-corrected chi connectivity index (χ3v) is 4.74. The number of hydrogen-bond acceptors (Lipinski definition) is 4. The van der Waals surface area contributed by atoms with Gasteiger partial charge < -0.3 is 15.4 Å². The molecule has 0 radical (unpaired) electrons. The molecule has 5 nitrogen and oxygen atoms in total. The molecule has 0 saturated carbocycles. The van der Waals surface area contributed by atoms with Gasteiger partial charge in [-0.1, -0.05) is 26.0 Å². The minimum Gasteiger partial charge on any atom is -0.493 e. The molecule has 1 heterocycles. The molecule has 2 N–H and O–H groups in total. The van der Waals surface area contributed by atoms with E-state index < -0.39 is 0 Å². The van der Waals surface area contributed by atoms with E-state index in [1.165, 1.54) is 10.4 Å². The van der Waals surface area contributed by atoms with E-state index in [1.807, 2.05) is 24.6 Å². The van der Waals surface area contributed by atoms with E-state index >= 15 is 0 Å². The van der Waals surface area contributed by atoms with E-state index in [2.05, 4.69) is 53.5 Å². The van der Waals surface area contributed by atoms with Gasteiger partial charge in [-0.05, 0) is 37.5 Å². The Hall–Kier alpha value is -1.35. The Labute approximate surface area is 177 Å². The lowest BCUT2D eigenvalue weighted by molar-refractivity contribution is 0.271. The predicted molar refractivity (Wildman–Crippen MR) is 121 cm³/mol. The average molecular weight is 488 g/mol. The average Bonchev–Trinajstić information content (AvgIpc) is 3.02. The quantitative estimate of drug-likeness (QED) is 0.342. The molecule has 0 saturated heterocycles. The van der Waals surface area contributed by atoms with Crippen LogP contribution in [0.25, 0.3) is 0 Å². The number of aromatic nitrogens is 1. The molecule has 0 aliphatic heterocycles. The summed E-state index contributed by atoms with van der Waals surface area (Å²) >= 11 is 1.66. The molecule has 1 atom stereocenters. The van der Waals surface area contributed by atoms with Gasteiger partial charge in [-0.25, -0.2) is 4.98 Å². The Morgan fingerprint density at radius 2 is 1.92 bits per heavy atom. The zero-order valence-corrected chi connectivity index (χ0v) is 19.2. The fourth-order valence-corrected chi connectivity index (χ4v) is 2.98. The largest absolute Gasteiger partial charge is 0.493 e. The molecule has 144 valence electrons. The second-order valence-electron chi connectivity index (χ2n) is 6.43. The van der Waals surface area contributed by atoms with Gasteiger partial charge in [0.2, 0.25) is 0 Å². The third kappa shape index (κ3) is 7.11. The molecule has 26 heavy (non-hydrogen) atoms. The van der Waals surface area contributed by atoms with Crippen LogP contribution in [0.1, 0.15) is 42.9 Å². The second-order valence-corrected chi connectivity index (χ2v) is 7.37.